The minimum atomic E-state index is 0.126. The molecule has 0 fully saturated rings. The van der Waals surface area contributed by atoms with Crippen molar-refractivity contribution in [1.82, 2.24) is 0 Å². The van der Waals surface area contributed by atoms with Gasteiger partial charge in [-0.3, -0.25) is 0 Å². The zero-order valence-corrected chi connectivity index (χ0v) is 15.7. The first-order valence-corrected chi connectivity index (χ1v) is 8.72. The Morgan fingerprint density at radius 1 is 1.21 bits per heavy atom. The third kappa shape index (κ3) is 3.95. The molecule has 0 spiro atoms. The zero-order valence-electron chi connectivity index (χ0n) is 10.4. The topological polar surface area (TPSA) is 9.23 Å². The third-order valence-corrected chi connectivity index (χ3v) is 4.87. The van der Waals surface area contributed by atoms with Gasteiger partial charge >= 0.3 is 0 Å². The van der Waals surface area contributed by atoms with Crippen LogP contribution in [0.5, 0.6) is 5.75 Å². The normalized spacial score (nSPS) is 12.2. The SMILES string of the molecule is CCOc1ccc(Br)cc1C(Br)c1cccc(I)c1. The zero-order chi connectivity index (χ0) is 13.8. The summed E-state index contributed by atoms with van der Waals surface area (Å²) in [5.41, 5.74) is 2.36. The summed E-state index contributed by atoms with van der Waals surface area (Å²) in [6, 6.07) is 14.6. The molecule has 0 amide bonds. The van der Waals surface area contributed by atoms with E-state index in [1.807, 2.05) is 19.1 Å². The fourth-order valence-electron chi connectivity index (χ4n) is 1.85. The Morgan fingerprint density at radius 3 is 2.68 bits per heavy atom. The second-order valence-corrected chi connectivity index (χ2v) is 7.11. The summed E-state index contributed by atoms with van der Waals surface area (Å²) in [4.78, 5) is 0.126. The van der Waals surface area contributed by atoms with Crippen molar-refractivity contribution in [2.45, 2.75) is 11.8 Å². The van der Waals surface area contributed by atoms with Crippen molar-refractivity contribution in [1.29, 1.82) is 0 Å². The molecule has 1 nitrogen and oxygen atoms in total. The molecule has 2 rings (SSSR count). The van der Waals surface area contributed by atoms with Gasteiger partial charge in [0.25, 0.3) is 0 Å². The Bertz CT molecular complexity index is 572. The number of halogens is 3. The molecule has 0 N–H and O–H groups in total. The third-order valence-electron chi connectivity index (χ3n) is 2.69. The second kappa shape index (κ2) is 7.09. The fraction of sp³-hybridized carbons (Fsp3) is 0.200. The van der Waals surface area contributed by atoms with E-state index in [0.717, 1.165) is 15.8 Å². The lowest BCUT2D eigenvalue weighted by molar-refractivity contribution is 0.337. The van der Waals surface area contributed by atoms with E-state index in [-0.39, 0.29) is 4.83 Å². The van der Waals surface area contributed by atoms with E-state index in [1.165, 1.54) is 9.13 Å². The van der Waals surface area contributed by atoms with Crippen molar-refractivity contribution in [2.75, 3.05) is 6.61 Å². The van der Waals surface area contributed by atoms with Crippen LogP contribution in [-0.4, -0.2) is 6.61 Å². The Labute approximate surface area is 144 Å². The number of hydrogen-bond acceptors (Lipinski definition) is 1. The number of rotatable bonds is 4. The molecule has 0 saturated heterocycles. The maximum Gasteiger partial charge on any atom is 0.124 e. The maximum absolute atomic E-state index is 5.71. The highest BCUT2D eigenvalue weighted by Crippen LogP contribution is 2.38. The number of benzene rings is 2. The lowest BCUT2D eigenvalue weighted by Crippen LogP contribution is -2.00. The van der Waals surface area contributed by atoms with Crippen LogP contribution in [0.15, 0.2) is 46.9 Å². The van der Waals surface area contributed by atoms with Crippen LogP contribution in [0.3, 0.4) is 0 Å². The summed E-state index contributed by atoms with van der Waals surface area (Å²) in [6.45, 7) is 2.67. The van der Waals surface area contributed by atoms with Crippen LogP contribution < -0.4 is 4.74 Å². The second-order valence-electron chi connectivity index (χ2n) is 4.03. The highest BCUT2D eigenvalue weighted by atomic mass is 127. The van der Waals surface area contributed by atoms with Gasteiger partial charge < -0.3 is 4.74 Å². The Kier molecular flexibility index (Phi) is 5.71. The lowest BCUT2D eigenvalue weighted by atomic mass is 10.0. The van der Waals surface area contributed by atoms with Gasteiger partial charge in [0.05, 0.1) is 11.4 Å². The fourth-order valence-corrected chi connectivity index (χ4v) is 3.44. The molecule has 4 heteroatoms. The summed E-state index contributed by atoms with van der Waals surface area (Å²) in [5, 5.41) is 0. The minimum absolute atomic E-state index is 0.126. The average molecular weight is 496 g/mol. The van der Waals surface area contributed by atoms with E-state index < -0.39 is 0 Å². The van der Waals surface area contributed by atoms with Gasteiger partial charge in [0.1, 0.15) is 5.75 Å². The smallest absolute Gasteiger partial charge is 0.124 e. The van der Waals surface area contributed by atoms with Crippen LogP contribution in [0.1, 0.15) is 22.9 Å². The molecule has 0 radical (unpaired) electrons. The Morgan fingerprint density at radius 2 is 2.00 bits per heavy atom. The Balaban J connectivity index is 2.42. The van der Waals surface area contributed by atoms with Crippen LogP contribution in [0.25, 0.3) is 0 Å². The van der Waals surface area contributed by atoms with E-state index >= 15 is 0 Å². The lowest BCUT2D eigenvalue weighted by Gasteiger charge is -2.16. The highest BCUT2D eigenvalue weighted by Gasteiger charge is 2.16. The van der Waals surface area contributed by atoms with Crippen molar-refractivity contribution in [3.63, 3.8) is 0 Å². The van der Waals surface area contributed by atoms with Crippen LogP contribution in [-0.2, 0) is 0 Å². The summed E-state index contributed by atoms with van der Waals surface area (Å²) >= 11 is 9.63. The Hall–Kier alpha value is -0.0700. The first-order chi connectivity index (χ1) is 9.11. The maximum atomic E-state index is 5.71. The monoisotopic (exact) mass is 494 g/mol. The van der Waals surface area contributed by atoms with Gasteiger partial charge in [-0.25, -0.2) is 0 Å². The molecule has 1 unspecified atom stereocenters. The van der Waals surface area contributed by atoms with E-state index in [9.17, 15) is 0 Å². The summed E-state index contributed by atoms with van der Waals surface area (Å²) in [5.74, 6) is 0.923. The molecule has 0 bridgehead atoms. The predicted octanol–water partition coefficient (Wildman–Crippen LogP) is 5.94. The molecular weight excluding hydrogens is 483 g/mol. The predicted molar refractivity (Wildman–Crippen MR) is 95.2 cm³/mol. The first-order valence-electron chi connectivity index (χ1n) is 5.93. The van der Waals surface area contributed by atoms with Crippen LogP contribution >= 0.6 is 54.5 Å². The largest absolute Gasteiger partial charge is 0.494 e. The summed E-state index contributed by atoms with van der Waals surface area (Å²) in [6.07, 6.45) is 0. The van der Waals surface area contributed by atoms with Crippen molar-refractivity contribution in [3.8, 4) is 5.75 Å². The average Bonchev–Trinajstić information content (AvgIpc) is 2.40. The molecule has 0 heterocycles. The first kappa shape index (κ1) is 15.3. The van der Waals surface area contributed by atoms with Gasteiger partial charge in [0.2, 0.25) is 0 Å². The summed E-state index contributed by atoms with van der Waals surface area (Å²) in [7, 11) is 0. The van der Waals surface area contributed by atoms with Crippen molar-refractivity contribution >= 4 is 54.5 Å². The molecule has 0 aliphatic heterocycles. The van der Waals surface area contributed by atoms with Crippen LogP contribution in [0.2, 0.25) is 0 Å². The van der Waals surface area contributed by atoms with Gasteiger partial charge in [-0.1, -0.05) is 44.0 Å². The molecule has 0 aliphatic rings. The molecule has 100 valence electrons. The van der Waals surface area contributed by atoms with Gasteiger partial charge in [-0.2, -0.15) is 0 Å². The molecule has 1 atom stereocenters. The quantitative estimate of drug-likeness (QED) is 0.377. The number of alkyl halides is 1. The van der Waals surface area contributed by atoms with Crippen LogP contribution in [0.4, 0.5) is 0 Å². The van der Waals surface area contributed by atoms with Gasteiger partial charge in [-0.15, -0.1) is 0 Å². The molecule has 2 aromatic carbocycles. The molecule has 2 aromatic rings. The minimum Gasteiger partial charge on any atom is -0.494 e. The van der Waals surface area contributed by atoms with Crippen molar-refractivity contribution in [3.05, 3.63) is 61.6 Å². The highest BCUT2D eigenvalue weighted by molar-refractivity contribution is 14.1. The standard InChI is InChI=1S/C15H13Br2IO/c1-2-19-14-7-6-11(16)9-13(14)15(17)10-4-3-5-12(18)8-10/h3-9,15H,2H2,1H3. The number of hydrogen-bond donors (Lipinski definition) is 0. The molecule has 19 heavy (non-hydrogen) atoms. The van der Waals surface area contributed by atoms with E-state index in [2.05, 4.69) is 84.8 Å². The van der Waals surface area contributed by atoms with Gasteiger partial charge in [-0.05, 0) is 65.4 Å². The molecule has 0 aromatic heterocycles. The molecule has 0 aliphatic carbocycles. The van der Waals surface area contributed by atoms with E-state index in [0.29, 0.717) is 6.61 Å². The van der Waals surface area contributed by atoms with Crippen LogP contribution in [0, 0.1) is 3.57 Å². The van der Waals surface area contributed by atoms with Gasteiger partial charge in [0, 0.05) is 13.6 Å². The number of ether oxygens (including phenoxy) is 1. The van der Waals surface area contributed by atoms with Crippen molar-refractivity contribution < 1.29 is 4.74 Å². The van der Waals surface area contributed by atoms with E-state index in [4.69, 9.17) is 4.74 Å². The molecular formula is C15H13Br2IO. The van der Waals surface area contributed by atoms with E-state index in [1.54, 1.807) is 0 Å². The van der Waals surface area contributed by atoms with Crippen molar-refractivity contribution in [2.24, 2.45) is 0 Å². The van der Waals surface area contributed by atoms with Gasteiger partial charge in [0.15, 0.2) is 0 Å². The molecule has 0 saturated carbocycles. The summed E-state index contributed by atoms with van der Waals surface area (Å²) < 4.78 is 8.00.